The number of thiazole rings is 1. The highest BCUT2D eigenvalue weighted by molar-refractivity contribution is 7.89. The number of nitrogens with zero attached hydrogens (tertiary/aromatic N) is 2. The molecule has 0 atom stereocenters. The topological polar surface area (TPSA) is 76.3 Å². The summed E-state index contributed by atoms with van der Waals surface area (Å²) in [6, 6.07) is 6.65. The maximum absolute atomic E-state index is 12.6. The van der Waals surface area contributed by atoms with Crippen molar-refractivity contribution in [1.29, 1.82) is 0 Å². The lowest BCUT2D eigenvalue weighted by atomic mass is 10.2. The molecule has 5 nitrogen and oxygen atoms in total. The van der Waals surface area contributed by atoms with E-state index in [4.69, 9.17) is 5.73 Å². The number of benzene rings is 1. The van der Waals surface area contributed by atoms with Crippen molar-refractivity contribution in [3.05, 3.63) is 46.4 Å². The third-order valence-electron chi connectivity index (χ3n) is 2.77. The summed E-state index contributed by atoms with van der Waals surface area (Å²) in [5, 5.41) is 1.83. The van der Waals surface area contributed by atoms with E-state index in [0.717, 1.165) is 5.69 Å². The van der Waals surface area contributed by atoms with Crippen LogP contribution in [-0.2, 0) is 16.6 Å². The molecule has 110 valence electrons. The molecule has 0 bridgehead atoms. The Labute approximate surface area is 128 Å². The van der Waals surface area contributed by atoms with Crippen LogP contribution in [0, 0.1) is 11.8 Å². The Morgan fingerprint density at radius 1 is 1.38 bits per heavy atom. The zero-order valence-electron chi connectivity index (χ0n) is 11.5. The highest BCUT2D eigenvalue weighted by Crippen LogP contribution is 2.20. The van der Waals surface area contributed by atoms with Gasteiger partial charge in [-0.1, -0.05) is 24.0 Å². The van der Waals surface area contributed by atoms with Crippen LogP contribution in [0.3, 0.4) is 0 Å². The predicted octanol–water partition coefficient (Wildman–Crippen LogP) is 1.27. The monoisotopic (exact) mass is 321 g/mol. The molecule has 0 aliphatic heterocycles. The molecule has 0 fully saturated rings. The van der Waals surface area contributed by atoms with Gasteiger partial charge in [-0.15, -0.1) is 11.3 Å². The Kier molecular flexibility index (Phi) is 5.09. The Morgan fingerprint density at radius 3 is 2.81 bits per heavy atom. The molecule has 0 radical (unpaired) electrons. The third kappa shape index (κ3) is 3.68. The zero-order chi connectivity index (χ0) is 15.3. The number of rotatable bonds is 4. The molecule has 0 saturated heterocycles. The molecule has 1 aromatic heterocycles. The summed E-state index contributed by atoms with van der Waals surface area (Å²) < 4.78 is 26.6. The second-order valence-electron chi connectivity index (χ2n) is 4.24. The van der Waals surface area contributed by atoms with Gasteiger partial charge in [0, 0.05) is 18.0 Å². The number of sulfonamides is 1. The van der Waals surface area contributed by atoms with E-state index < -0.39 is 10.0 Å². The molecule has 21 heavy (non-hydrogen) atoms. The third-order valence-corrected chi connectivity index (χ3v) is 5.27. The minimum atomic E-state index is -3.62. The molecule has 7 heteroatoms. The smallest absolute Gasteiger partial charge is 0.244 e. The van der Waals surface area contributed by atoms with Crippen molar-refractivity contribution in [1.82, 2.24) is 9.29 Å². The second-order valence-corrected chi connectivity index (χ2v) is 6.97. The summed E-state index contributed by atoms with van der Waals surface area (Å²) >= 11 is 1.43. The van der Waals surface area contributed by atoms with Crippen molar-refractivity contribution in [3.63, 3.8) is 0 Å². The molecule has 2 aromatic rings. The molecule has 0 unspecified atom stereocenters. The summed E-state index contributed by atoms with van der Waals surface area (Å²) in [7, 11) is -2.09. The summed E-state index contributed by atoms with van der Waals surface area (Å²) in [5.74, 6) is 5.48. The van der Waals surface area contributed by atoms with E-state index in [1.54, 1.807) is 29.8 Å². The van der Waals surface area contributed by atoms with E-state index in [-0.39, 0.29) is 18.0 Å². The molecule has 1 aromatic carbocycles. The van der Waals surface area contributed by atoms with Crippen molar-refractivity contribution in [2.24, 2.45) is 5.73 Å². The first-order valence-electron chi connectivity index (χ1n) is 6.17. The first-order chi connectivity index (χ1) is 10.1. The van der Waals surface area contributed by atoms with Crippen LogP contribution in [0.4, 0.5) is 0 Å². The molecular formula is C14H15N3O2S2. The van der Waals surface area contributed by atoms with Gasteiger partial charge in [0.25, 0.3) is 0 Å². The molecule has 2 rings (SSSR count). The largest absolute Gasteiger partial charge is 0.320 e. The highest BCUT2D eigenvalue weighted by Gasteiger charge is 2.23. The van der Waals surface area contributed by atoms with Gasteiger partial charge in [0.2, 0.25) is 10.0 Å². The summed E-state index contributed by atoms with van der Waals surface area (Å²) in [5.41, 5.74) is 8.19. The minimum absolute atomic E-state index is 0.184. The van der Waals surface area contributed by atoms with Gasteiger partial charge in [0.05, 0.1) is 29.2 Å². The van der Waals surface area contributed by atoms with Crippen LogP contribution in [0.15, 0.2) is 40.1 Å². The quantitative estimate of drug-likeness (QED) is 0.861. The minimum Gasteiger partial charge on any atom is -0.320 e. The summed E-state index contributed by atoms with van der Waals surface area (Å²) in [6.45, 7) is 0.410. The van der Waals surface area contributed by atoms with E-state index in [1.807, 2.05) is 5.38 Å². The molecule has 0 saturated carbocycles. The van der Waals surface area contributed by atoms with Gasteiger partial charge >= 0.3 is 0 Å². The Morgan fingerprint density at radius 2 is 2.14 bits per heavy atom. The Bertz CT molecular complexity index is 759. The van der Waals surface area contributed by atoms with Gasteiger partial charge in [0.1, 0.15) is 0 Å². The Hall–Kier alpha value is -1.72. The van der Waals surface area contributed by atoms with E-state index >= 15 is 0 Å². The van der Waals surface area contributed by atoms with Crippen LogP contribution >= 0.6 is 11.3 Å². The summed E-state index contributed by atoms with van der Waals surface area (Å²) in [4.78, 5) is 4.29. The second kappa shape index (κ2) is 6.83. The lowest BCUT2D eigenvalue weighted by molar-refractivity contribution is 0.463. The first kappa shape index (κ1) is 15.7. The maximum atomic E-state index is 12.6. The highest BCUT2D eigenvalue weighted by atomic mass is 32.2. The fourth-order valence-electron chi connectivity index (χ4n) is 1.74. The standard InChI is InChI=1S/C14H15N3O2S2/c1-17(9-13-10-20-11-16-13)21(18,19)14-7-3-2-5-12(14)6-4-8-15/h2-3,5,7,10-11H,8-9,15H2,1H3. The van der Waals surface area contributed by atoms with Crippen LogP contribution in [0.5, 0.6) is 0 Å². The SMILES string of the molecule is CN(Cc1cscn1)S(=O)(=O)c1ccccc1C#CCN. The molecule has 0 aliphatic rings. The van der Waals surface area contributed by atoms with Gasteiger partial charge < -0.3 is 5.73 Å². The van der Waals surface area contributed by atoms with Crippen LogP contribution in [0.2, 0.25) is 0 Å². The molecule has 2 N–H and O–H groups in total. The van der Waals surface area contributed by atoms with Gasteiger partial charge in [-0.3, -0.25) is 0 Å². The van der Waals surface area contributed by atoms with E-state index in [1.165, 1.54) is 22.7 Å². The van der Waals surface area contributed by atoms with Crippen molar-refractivity contribution in [2.45, 2.75) is 11.4 Å². The van der Waals surface area contributed by atoms with Crippen molar-refractivity contribution in [3.8, 4) is 11.8 Å². The van der Waals surface area contributed by atoms with Crippen LogP contribution in [-0.4, -0.2) is 31.3 Å². The normalized spacial score (nSPS) is 11.2. The van der Waals surface area contributed by atoms with E-state index in [9.17, 15) is 8.42 Å². The molecule has 0 amide bonds. The van der Waals surface area contributed by atoms with Crippen LogP contribution < -0.4 is 5.73 Å². The van der Waals surface area contributed by atoms with Crippen molar-refractivity contribution < 1.29 is 8.42 Å². The van der Waals surface area contributed by atoms with Crippen molar-refractivity contribution in [2.75, 3.05) is 13.6 Å². The number of hydrogen-bond donors (Lipinski definition) is 1. The average Bonchev–Trinajstić information content (AvgIpc) is 2.98. The number of nitrogens with two attached hydrogens (primary N) is 1. The zero-order valence-corrected chi connectivity index (χ0v) is 13.1. The average molecular weight is 321 g/mol. The number of hydrogen-bond acceptors (Lipinski definition) is 5. The summed E-state index contributed by atoms with van der Waals surface area (Å²) in [6.07, 6.45) is 0. The lowest BCUT2D eigenvalue weighted by Crippen LogP contribution is -2.27. The van der Waals surface area contributed by atoms with Crippen LogP contribution in [0.25, 0.3) is 0 Å². The number of aromatic nitrogens is 1. The van der Waals surface area contributed by atoms with Crippen LogP contribution in [0.1, 0.15) is 11.3 Å². The molecular weight excluding hydrogens is 306 g/mol. The molecule has 0 spiro atoms. The molecule has 1 heterocycles. The van der Waals surface area contributed by atoms with E-state index in [2.05, 4.69) is 16.8 Å². The predicted molar refractivity (Wildman–Crippen MR) is 83.1 cm³/mol. The Balaban J connectivity index is 2.35. The van der Waals surface area contributed by atoms with Gasteiger partial charge in [-0.25, -0.2) is 13.4 Å². The van der Waals surface area contributed by atoms with Gasteiger partial charge in [0.15, 0.2) is 0 Å². The molecule has 0 aliphatic carbocycles. The fourth-order valence-corrected chi connectivity index (χ4v) is 3.57. The van der Waals surface area contributed by atoms with Gasteiger partial charge in [-0.05, 0) is 12.1 Å². The fraction of sp³-hybridized carbons (Fsp3) is 0.214. The first-order valence-corrected chi connectivity index (χ1v) is 8.55. The lowest BCUT2D eigenvalue weighted by Gasteiger charge is -2.17. The van der Waals surface area contributed by atoms with Gasteiger partial charge in [-0.2, -0.15) is 4.31 Å². The maximum Gasteiger partial charge on any atom is 0.244 e. The van der Waals surface area contributed by atoms with Crippen molar-refractivity contribution >= 4 is 21.4 Å². The van der Waals surface area contributed by atoms with E-state index in [0.29, 0.717) is 5.56 Å².